The molecule has 36 heavy (non-hydrogen) atoms. The highest BCUT2D eigenvalue weighted by Crippen LogP contribution is 2.29. The minimum Gasteiger partial charge on any atom is -0.352 e. The van der Waals surface area contributed by atoms with E-state index in [1.54, 1.807) is 43.3 Å². The Morgan fingerprint density at radius 3 is 2.25 bits per heavy atom. The van der Waals surface area contributed by atoms with Crippen molar-refractivity contribution in [3.05, 3.63) is 76.3 Å². The van der Waals surface area contributed by atoms with Crippen LogP contribution < -0.4 is 9.62 Å². The maximum atomic E-state index is 13.7. The van der Waals surface area contributed by atoms with E-state index in [0.29, 0.717) is 26.7 Å². The van der Waals surface area contributed by atoms with Gasteiger partial charge in [0.15, 0.2) is 0 Å². The summed E-state index contributed by atoms with van der Waals surface area (Å²) in [4.78, 5) is 27.9. The van der Waals surface area contributed by atoms with Crippen LogP contribution in [0.2, 0.25) is 10.0 Å². The summed E-state index contributed by atoms with van der Waals surface area (Å²) in [6.45, 7) is 4.81. The van der Waals surface area contributed by atoms with Crippen LogP contribution in [-0.2, 0) is 26.2 Å². The lowest BCUT2D eigenvalue weighted by Gasteiger charge is -2.32. The van der Waals surface area contributed by atoms with Gasteiger partial charge in [-0.25, -0.2) is 8.42 Å². The molecule has 0 bridgehead atoms. The third kappa shape index (κ3) is 6.69. The van der Waals surface area contributed by atoms with E-state index in [4.69, 9.17) is 23.2 Å². The minimum atomic E-state index is -3.84. The quantitative estimate of drug-likeness (QED) is 0.413. The predicted molar refractivity (Wildman–Crippen MR) is 146 cm³/mol. The van der Waals surface area contributed by atoms with E-state index in [0.717, 1.165) is 15.9 Å². The zero-order chi connectivity index (χ0) is 26.6. The minimum absolute atomic E-state index is 0.0372. The summed E-state index contributed by atoms with van der Waals surface area (Å²) in [5.74, 6) is -0.889. The Morgan fingerprint density at radius 1 is 0.944 bits per heavy atom. The molecule has 3 rings (SSSR count). The molecule has 0 aliphatic rings. The summed E-state index contributed by atoms with van der Waals surface area (Å²) < 4.78 is 26.8. The van der Waals surface area contributed by atoms with Crippen molar-refractivity contribution < 1.29 is 18.0 Å². The van der Waals surface area contributed by atoms with Crippen LogP contribution in [0.1, 0.15) is 26.3 Å². The average molecular weight is 551 g/mol. The number of amides is 2. The van der Waals surface area contributed by atoms with E-state index in [-0.39, 0.29) is 18.5 Å². The number of hydrogen-bond donors (Lipinski definition) is 1. The molecule has 3 aromatic carbocycles. The van der Waals surface area contributed by atoms with Crippen LogP contribution in [0.25, 0.3) is 10.8 Å². The highest BCUT2D eigenvalue weighted by Gasteiger charge is 2.31. The fourth-order valence-electron chi connectivity index (χ4n) is 3.84. The molecule has 0 aromatic heterocycles. The average Bonchev–Trinajstić information content (AvgIpc) is 2.81. The van der Waals surface area contributed by atoms with Gasteiger partial charge in [-0.05, 0) is 49.9 Å². The number of halogens is 2. The van der Waals surface area contributed by atoms with Gasteiger partial charge in [-0.1, -0.05) is 65.7 Å². The maximum Gasteiger partial charge on any atom is 0.244 e. The molecule has 3 aromatic rings. The fraction of sp³-hybridized carbons (Fsp3) is 0.308. The second kappa shape index (κ2) is 11.5. The van der Waals surface area contributed by atoms with Crippen molar-refractivity contribution in [1.29, 1.82) is 0 Å². The lowest BCUT2D eigenvalue weighted by Crippen LogP contribution is -2.52. The molecule has 0 heterocycles. The van der Waals surface area contributed by atoms with Gasteiger partial charge in [-0.15, -0.1) is 0 Å². The molecule has 0 fully saturated rings. The molecule has 0 spiro atoms. The van der Waals surface area contributed by atoms with Crippen LogP contribution in [0, 0.1) is 0 Å². The summed E-state index contributed by atoms with van der Waals surface area (Å²) in [5, 5.41) is 5.03. The summed E-state index contributed by atoms with van der Waals surface area (Å²) in [5.41, 5.74) is 1.04. The third-order valence-corrected chi connectivity index (χ3v) is 7.52. The number of hydrogen-bond acceptors (Lipinski definition) is 4. The lowest BCUT2D eigenvalue weighted by molar-refractivity contribution is -0.139. The Hall–Kier alpha value is -2.81. The maximum absolute atomic E-state index is 13.7. The Balaban J connectivity index is 2.01. The van der Waals surface area contributed by atoms with Crippen LogP contribution in [0.4, 0.5) is 5.69 Å². The molecule has 7 nitrogen and oxygen atoms in total. The molecule has 192 valence electrons. The summed E-state index contributed by atoms with van der Waals surface area (Å²) in [6.07, 6.45) is 1.06. The fourth-order valence-corrected chi connectivity index (χ4v) is 5.03. The molecular weight excluding hydrogens is 521 g/mol. The van der Waals surface area contributed by atoms with Crippen LogP contribution >= 0.6 is 23.2 Å². The van der Waals surface area contributed by atoms with Gasteiger partial charge >= 0.3 is 0 Å². The van der Waals surface area contributed by atoms with Crippen molar-refractivity contribution in [1.82, 2.24) is 10.2 Å². The van der Waals surface area contributed by atoms with E-state index in [1.165, 1.54) is 4.90 Å². The molecule has 0 saturated heterocycles. The lowest BCUT2D eigenvalue weighted by atomic mass is 10.1. The first-order valence-electron chi connectivity index (χ1n) is 11.4. The summed E-state index contributed by atoms with van der Waals surface area (Å²) in [7, 11) is -3.84. The van der Waals surface area contributed by atoms with Gasteiger partial charge in [0.25, 0.3) is 0 Å². The first-order chi connectivity index (χ1) is 16.9. The SMILES string of the molecule is CC(C)NC(=O)[C@@H](C)N(Cc1ccc(Cl)c(Cl)c1)C(=O)CN(c1cccc2ccccc12)S(C)(=O)=O. The molecule has 0 radical (unpaired) electrons. The number of benzene rings is 3. The number of anilines is 1. The first kappa shape index (κ1) is 27.8. The second-order valence-electron chi connectivity index (χ2n) is 8.88. The van der Waals surface area contributed by atoms with Gasteiger partial charge < -0.3 is 10.2 Å². The van der Waals surface area contributed by atoms with Crippen molar-refractivity contribution in [2.24, 2.45) is 0 Å². The van der Waals surface area contributed by atoms with Gasteiger partial charge in [0, 0.05) is 18.0 Å². The molecule has 0 aliphatic heterocycles. The molecule has 1 N–H and O–H groups in total. The number of carbonyl (C=O) groups is 2. The second-order valence-corrected chi connectivity index (χ2v) is 11.6. The van der Waals surface area contributed by atoms with Crippen molar-refractivity contribution in [2.45, 2.75) is 39.4 Å². The zero-order valence-corrected chi connectivity index (χ0v) is 22.9. The third-order valence-electron chi connectivity index (χ3n) is 5.65. The molecule has 0 unspecified atom stereocenters. The Labute approximate surface area is 222 Å². The number of carbonyl (C=O) groups excluding carboxylic acids is 2. The summed E-state index contributed by atoms with van der Waals surface area (Å²) >= 11 is 12.2. The predicted octanol–water partition coefficient (Wildman–Crippen LogP) is 4.85. The zero-order valence-electron chi connectivity index (χ0n) is 20.5. The number of rotatable bonds is 9. The largest absolute Gasteiger partial charge is 0.352 e. The van der Waals surface area contributed by atoms with Gasteiger partial charge in [-0.2, -0.15) is 0 Å². The molecule has 0 aliphatic carbocycles. The molecule has 0 saturated carbocycles. The van der Waals surface area contributed by atoms with E-state index >= 15 is 0 Å². The standard InChI is InChI=1S/C26H29Cl2N3O4S/c1-17(2)29-26(33)18(3)30(15-19-12-13-22(27)23(28)14-19)25(32)16-31(36(4,34)35)24-11-7-9-20-8-5-6-10-21(20)24/h5-14,17-18H,15-16H2,1-4H3,(H,29,33)/t18-/m1/s1. The van der Waals surface area contributed by atoms with Gasteiger partial charge in [0.2, 0.25) is 21.8 Å². The topological polar surface area (TPSA) is 86.8 Å². The van der Waals surface area contributed by atoms with E-state index in [1.807, 2.05) is 38.1 Å². The Bertz CT molecular complexity index is 1370. The summed E-state index contributed by atoms with van der Waals surface area (Å²) in [6, 6.07) is 16.6. The molecule has 10 heteroatoms. The number of fused-ring (bicyclic) bond motifs is 1. The van der Waals surface area contributed by atoms with Crippen LogP contribution in [0.5, 0.6) is 0 Å². The number of sulfonamides is 1. The number of nitrogens with zero attached hydrogens (tertiary/aromatic N) is 2. The van der Waals surface area contributed by atoms with E-state index < -0.39 is 28.5 Å². The Kier molecular flexibility index (Phi) is 8.87. The molecular formula is C26H29Cl2N3O4S. The van der Waals surface area contributed by atoms with Crippen molar-refractivity contribution >= 4 is 61.5 Å². The first-order valence-corrected chi connectivity index (χ1v) is 14.0. The van der Waals surface area contributed by atoms with Crippen LogP contribution in [0.15, 0.2) is 60.7 Å². The van der Waals surface area contributed by atoms with Gasteiger partial charge in [0.05, 0.1) is 22.0 Å². The van der Waals surface area contributed by atoms with Gasteiger partial charge in [-0.3, -0.25) is 13.9 Å². The van der Waals surface area contributed by atoms with Crippen molar-refractivity contribution in [2.75, 3.05) is 17.1 Å². The number of nitrogens with one attached hydrogen (secondary N) is 1. The Morgan fingerprint density at radius 2 is 1.61 bits per heavy atom. The van der Waals surface area contributed by atoms with Crippen LogP contribution in [-0.4, -0.2) is 50.0 Å². The van der Waals surface area contributed by atoms with Crippen LogP contribution in [0.3, 0.4) is 0 Å². The molecule has 2 amide bonds. The van der Waals surface area contributed by atoms with Crippen molar-refractivity contribution in [3.8, 4) is 0 Å². The highest BCUT2D eigenvalue weighted by atomic mass is 35.5. The highest BCUT2D eigenvalue weighted by molar-refractivity contribution is 7.92. The van der Waals surface area contributed by atoms with E-state index in [2.05, 4.69) is 5.32 Å². The van der Waals surface area contributed by atoms with E-state index in [9.17, 15) is 18.0 Å². The normalized spacial score (nSPS) is 12.4. The van der Waals surface area contributed by atoms with Gasteiger partial charge in [0.1, 0.15) is 12.6 Å². The smallest absolute Gasteiger partial charge is 0.244 e. The monoisotopic (exact) mass is 549 g/mol. The molecule has 1 atom stereocenters. The van der Waals surface area contributed by atoms with Crippen molar-refractivity contribution in [3.63, 3.8) is 0 Å².